The number of amides is 1. The van der Waals surface area contributed by atoms with Crippen molar-refractivity contribution in [2.24, 2.45) is 5.92 Å². The molecule has 0 aromatic carbocycles. The van der Waals surface area contributed by atoms with Gasteiger partial charge in [0.15, 0.2) is 0 Å². The quantitative estimate of drug-likeness (QED) is 0.698. The number of aliphatic hydroxyl groups excluding tert-OH is 1. The molecular formula is C12H17NO4. The molecule has 2 N–H and O–H groups in total. The van der Waals surface area contributed by atoms with Crippen molar-refractivity contribution >= 4 is 11.9 Å². The minimum Gasteiger partial charge on any atom is -0.480 e. The zero-order valence-electron chi connectivity index (χ0n) is 9.58. The average Bonchev–Trinajstić information content (AvgIpc) is 2.86. The van der Waals surface area contributed by atoms with Crippen LogP contribution in [0.2, 0.25) is 0 Å². The first-order chi connectivity index (χ1) is 8.08. The number of β-amino-alcohol motifs (C(OH)–C–C–N with tert-alkyl or cyclic N) is 1. The highest BCUT2D eigenvalue weighted by molar-refractivity contribution is 5.84. The lowest BCUT2D eigenvalue weighted by molar-refractivity contribution is -0.148. The van der Waals surface area contributed by atoms with Gasteiger partial charge in [0.2, 0.25) is 5.91 Å². The topological polar surface area (TPSA) is 77.8 Å². The van der Waals surface area contributed by atoms with E-state index in [4.69, 9.17) is 5.11 Å². The number of likely N-dealkylation sites (tertiary alicyclic amines) is 1. The molecular weight excluding hydrogens is 222 g/mol. The molecule has 5 heteroatoms. The normalized spacial score (nSPS) is 32.1. The van der Waals surface area contributed by atoms with E-state index >= 15 is 0 Å². The van der Waals surface area contributed by atoms with Crippen molar-refractivity contribution < 1.29 is 19.8 Å². The predicted molar refractivity (Wildman–Crippen MR) is 60.2 cm³/mol. The molecule has 3 atom stereocenters. The Morgan fingerprint density at radius 1 is 1.41 bits per heavy atom. The van der Waals surface area contributed by atoms with Crippen LogP contribution in [0.4, 0.5) is 0 Å². The van der Waals surface area contributed by atoms with E-state index in [-0.39, 0.29) is 24.8 Å². The first-order valence-corrected chi connectivity index (χ1v) is 5.95. The maximum atomic E-state index is 12.0. The van der Waals surface area contributed by atoms with Gasteiger partial charge in [0, 0.05) is 19.4 Å². The van der Waals surface area contributed by atoms with Gasteiger partial charge in [-0.05, 0) is 18.8 Å². The number of hydrogen-bond donors (Lipinski definition) is 2. The van der Waals surface area contributed by atoms with Crippen molar-refractivity contribution in [3.63, 3.8) is 0 Å². The van der Waals surface area contributed by atoms with Crippen LogP contribution < -0.4 is 0 Å². The minimum absolute atomic E-state index is 0.140. The molecule has 0 aromatic heterocycles. The summed E-state index contributed by atoms with van der Waals surface area (Å²) in [5.74, 6) is -0.961. The number of carboxylic acids is 1. The lowest BCUT2D eigenvalue weighted by atomic mass is 10.0. The Balaban J connectivity index is 1.97. The molecule has 2 rings (SSSR count). The monoisotopic (exact) mass is 239 g/mol. The van der Waals surface area contributed by atoms with Crippen LogP contribution in [0.5, 0.6) is 0 Å². The Morgan fingerprint density at radius 2 is 2.18 bits per heavy atom. The van der Waals surface area contributed by atoms with E-state index < -0.39 is 18.1 Å². The van der Waals surface area contributed by atoms with Crippen LogP contribution in [0.1, 0.15) is 25.7 Å². The van der Waals surface area contributed by atoms with Crippen LogP contribution in [-0.2, 0) is 9.59 Å². The number of aliphatic hydroxyl groups is 1. The summed E-state index contributed by atoms with van der Waals surface area (Å²) in [5, 5.41) is 18.4. The fourth-order valence-corrected chi connectivity index (χ4v) is 2.53. The fourth-order valence-electron chi connectivity index (χ4n) is 2.53. The highest BCUT2D eigenvalue weighted by Crippen LogP contribution is 2.25. The van der Waals surface area contributed by atoms with Gasteiger partial charge in [-0.1, -0.05) is 12.2 Å². The number of hydrogen-bond acceptors (Lipinski definition) is 3. The lowest BCUT2D eigenvalue weighted by Crippen LogP contribution is -2.41. The zero-order chi connectivity index (χ0) is 12.4. The summed E-state index contributed by atoms with van der Waals surface area (Å²) in [6.07, 6.45) is 5.79. The molecule has 1 heterocycles. The Bertz CT molecular complexity index is 352. The van der Waals surface area contributed by atoms with Crippen molar-refractivity contribution in [1.82, 2.24) is 4.90 Å². The van der Waals surface area contributed by atoms with Crippen molar-refractivity contribution in [2.75, 3.05) is 6.54 Å². The molecule has 1 aliphatic heterocycles. The van der Waals surface area contributed by atoms with E-state index in [0.717, 1.165) is 12.8 Å². The lowest BCUT2D eigenvalue weighted by Gasteiger charge is -2.22. The zero-order valence-corrected chi connectivity index (χ0v) is 9.58. The summed E-state index contributed by atoms with van der Waals surface area (Å²) in [7, 11) is 0. The van der Waals surface area contributed by atoms with Crippen LogP contribution in [0, 0.1) is 5.92 Å². The Kier molecular flexibility index (Phi) is 3.47. The fraction of sp³-hybridized carbons (Fsp3) is 0.667. The highest BCUT2D eigenvalue weighted by atomic mass is 16.4. The van der Waals surface area contributed by atoms with Crippen molar-refractivity contribution in [1.29, 1.82) is 0 Å². The Morgan fingerprint density at radius 3 is 2.76 bits per heavy atom. The largest absolute Gasteiger partial charge is 0.480 e. The summed E-state index contributed by atoms with van der Waals surface area (Å²) >= 11 is 0. The summed E-state index contributed by atoms with van der Waals surface area (Å²) in [5.41, 5.74) is 0. The first kappa shape index (κ1) is 12.1. The Labute approximate surface area is 99.7 Å². The van der Waals surface area contributed by atoms with Crippen molar-refractivity contribution in [3.05, 3.63) is 12.2 Å². The van der Waals surface area contributed by atoms with Gasteiger partial charge in [-0.25, -0.2) is 4.79 Å². The molecule has 1 unspecified atom stereocenters. The number of carbonyl (C=O) groups is 2. The molecule has 0 aromatic rings. The van der Waals surface area contributed by atoms with E-state index in [2.05, 4.69) is 0 Å². The minimum atomic E-state index is -1.03. The second kappa shape index (κ2) is 4.87. The number of carbonyl (C=O) groups excluding carboxylic acids is 1. The number of carboxylic acid groups (broad SMARTS) is 1. The molecule has 0 bridgehead atoms. The summed E-state index contributed by atoms with van der Waals surface area (Å²) < 4.78 is 0. The van der Waals surface area contributed by atoms with Gasteiger partial charge >= 0.3 is 5.97 Å². The van der Waals surface area contributed by atoms with Gasteiger partial charge in [-0.15, -0.1) is 0 Å². The maximum absolute atomic E-state index is 12.0. The molecule has 2 aliphatic rings. The smallest absolute Gasteiger partial charge is 0.326 e. The van der Waals surface area contributed by atoms with Crippen LogP contribution >= 0.6 is 0 Å². The number of aliphatic carboxylic acids is 1. The van der Waals surface area contributed by atoms with Crippen LogP contribution in [0.3, 0.4) is 0 Å². The second-order valence-electron chi connectivity index (χ2n) is 4.76. The van der Waals surface area contributed by atoms with E-state index in [0.29, 0.717) is 6.42 Å². The molecule has 0 spiro atoms. The first-order valence-electron chi connectivity index (χ1n) is 5.95. The third-order valence-corrected chi connectivity index (χ3v) is 3.43. The molecule has 17 heavy (non-hydrogen) atoms. The maximum Gasteiger partial charge on any atom is 0.326 e. The summed E-state index contributed by atoms with van der Waals surface area (Å²) in [6, 6.07) is -0.858. The molecule has 5 nitrogen and oxygen atoms in total. The highest BCUT2D eigenvalue weighted by Gasteiger charge is 2.39. The molecule has 1 amide bonds. The molecule has 1 saturated heterocycles. The molecule has 0 radical (unpaired) electrons. The van der Waals surface area contributed by atoms with Gasteiger partial charge < -0.3 is 15.1 Å². The third-order valence-electron chi connectivity index (χ3n) is 3.43. The summed E-state index contributed by atoms with van der Waals surface area (Å²) in [4.78, 5) is 24.3. The van der Waals surface area contributed by atoms with Crippen LogP contribution in [0.25, 0.3) is 0 Å². The van der Waals surface area contributed by atoms with Crippen LogP contribution in [-0.4, -0.2) is 45.7 Å². The van der Waals surface area contributed by atoms with E-state index in [1.807, 2.05) is 12.2 Å². The molecule has 0 saturated carbocycles. The van der Waals surface area contributed by atoms with Gasteiger partial charge in [-0.3, -0.25) is 4.79 Å². The number of allylic oxidation sites excluding steroid dienone is 2. The molecule has 1 fully saturated rings. The van der Waals surface area contributed by atoms with E-state index in [1.165, 1.54) is 4.90 Å². The number of nitrogens with zero attached hydrogens (tertiary/aromatic N) is 1. The van der Waals surface area contributed by atoms with Gasteiger partial charge in [0.1, 0.15) is 6.04 Å². The SMILES string of the molecule is O=C(O)[C@@H]1C[C@H](O)CN1C(=O)CC1C=CCC1. The molecule has 1 aliphatic carbocycles. The van der Waals surface area contributed by atoms with E-state index in [9.17, 15) is 14.7 Å². The van der Waals surface area contributed by atoms with Crippen molar-refractivity contribution in [2.45, 2.75) is 37.8 Å². The third kappa shape index (κ3) is 2.66. The average molecular weight is 239 g/mol. The number of rotatable bonds is 3. The summed E-state index contributed by atoms with van der Waals surface area (Å²) in [6.45, 7) is 0.145. The van der Waals surface area contributed by atoms with Crippen molar-refractivity contribution in [3.8, 4) is 0 Å². The van der Waals surface area contributed by atoms with Gasteiger partial charge in [0.05, 0.1) is 6.10 Å². The van der Waals surface area contributed by atoms with Crippen LogP contribution in [0.15, 0.2) is 12.2 Å². The van der Waals surface area contributed by atoms with E-state index in [1.54, 1.807) is 0 Å². The van der Waals surface area contributed by atoms with Gasteiger partial charge in [0.25, 0.3) is 0 Å². The molecule has 94 valence electrons. The Hall–Kier alpha value is -1.36. The van der Waals surface area contributed by atoms with Gasteiger partial charge in [-0.2, -0.15) is 0 Å². The standard InChI is InChI=1S/C12H17NO4/c14-9-6-10(12(16)17)13(7-9)11(15)5-8-3-1-2-4-8/h1,3,8-10,14H,2,4-7H2,(H,16,17)/t8?,9-,10-/m0/s1. The second-order valence-corrected chi connectivity index (χ2v) is 4.76. The predicted octanol–water partition coefficient (Wildman–Crippen LogP) is 0.389.